The number of nitrogens with one attached hydrogen (secondary N) is 1. The van der Waals surface area contributed by atoms with Crippen LogP contribution in [0.5, 0.6) is 0 Å². The first kappa shape index (κ1) is 17.1. The highest BCUT2D eigenvalue weighted by Gasteiger charge is 2.56. The van der Waals surface area contributed by atoms with Crippen LogP contribution < -0.4 is 5.32 Å². The highest BCUT2D eigenvalue weighted by atomic mass is 16.5. The molecule has 1 aromatic rings. The van der Waals surface area contributed by atoms with E-state index in [0.29, 0.717) is 12.6 Å². The minimum Gasteiger partial charge on any atom is -0.378 e. The molecule has 1 aromatic heterocycles. The van der Waals surface area contributed by atoms with E-state index in [1.807, 2.05) is 0 Å². The second kappa shape index (κ2) is 7.47. The lowest BCUT2D eigenvalue weighted by molar-refractivity contribution is -0.147. The van der Waals surface area contributed by atoms with Gasteiger partial charge in [-0.25, -0.2) is 4.79 Å². The van der Waals surface area contributed by atoms with Crippen molar-refractivity contribution in [2.24, 2.45) is 5.41 Å². The molecule has 2 atom stereocenters. The Morgan fingerprint density at radius 2 is 2.17 bits per heavy atom. The number of hydrogen-bond donors (Lipinski definition) is 1. The van der Waals surface area contributed by atoms with Crippen molar-refractivity contribution in [2.75, 3.05) is 13.7 Å². The van der Waals surface area contributed by atoms with Crippen molar-refractivity contribution in [1.82, 2.24) is 20.2 Å². The van der Waals surface area contributed by atoms with Gasteiger partial charge < -0.3 is 15.0 Å². The molecule has 6 heteroatoms. The first-order chi connectivity index (χ1) is 11.7. The summed E-state index contributed by atoms with van der Waals surface area (Å²) in [6.45, 7) is 3.27. The van der Waals surface area contributed by atoms with Gasteiger partial charge in [0.05, 0.1) is 24.5 Å². The molecule has 2 aliphatic carbocycles. The first-order valence-electron chi connectivity index (χ1n) is 9.04. The molecule has 2 amide bonds. The SMILES string of the molecule is CCO[C@H]1C[C@H](NC(=O)N(C)Cc2cnccn2)C12CCCCC2. The van der Waals surface area contributed by atoms with Gasteiger partial charge in [0.2, 0.25) is 0 Å². The Balaban J connectivity index is 1.59. The quantitative estimate of drug-likeness (QED) is 0.900. The third-order valence-electron chi connectivity index (χ3n) is 5.60. The van der Waals surface area contributed by atoms with Gasteiger partial charge in [-0.2, -0.15) is 0 Å². The van der Waals surface area contributed by atoms with Crippen molar-refractivity contribution < 1.29 is 9.53 Å². The maximum absolute atomic E-state index is 12.6. The minimum absolute atomic E-state index is 0.0365. The molecule has 0 unspecified atom stereocenters. The van der Waals surface area contributed by atoms with Crippen LogP contribution in [-0.4, -0.2) is 46.7 Å². The van der Waals surface area contributed by atoms with Crippen LogP contribution in [0.4, 0.5) is 4.79 Å². The van der Waals surface area contributed by atoms with E-state index in [4.69, 9.17) is 4.74 Å². The fraction of sp³-hybridized carbons (Fsp3) is 0.722. The smallest absolute Gasteiger partial charge is 0.317 e. The molecular weight excluding hydrogens is 304 g/mol. The number of nitrogens with zero attached hydrogens (tertiary/aromatic N) is 3. The number of hydrogen-bond acceptors (Lipinski definition) is 4. The monoisotopic (exact) mass is 332 g/mol. The Hall–Kier alpha value is -1.69. The Morgan fingerprint density at radius 3 is 2.83 bits per heavy atom. The summed E-state index contributed by atoms with van der Waals surface area (Å²) in [5, 5.41) is 3.24. The summed E-state index contributed by atoms with van der Waals surface area (Å²) in [6, 6.07) is 0.191. The molecule has 2 saturated carbocycles. The van der Waals surface area contributed by atoms with Gasteiger partial charge in [-0.15, -0.1) is 0 Å². The normalized spacial score (nSPS) is 25.1. The van der Waals surface area contributed by atoms with Crippen molar-refractivity contribution in [1.29, 1.82) is 0 Å². The van der Waals surface area contributed by atoms with E-state index in [1.165, 1.54) is 19.3 Å². The third kappa shape index (κ3) is 3.38. The molecule has 2 fully saturated rings. The van der Waals surface area contributed by atoms with Crippen LogP contribution >= 0.6 is 0 Å². The summed E-state index contributed by atoms with van der Waals surface area (Å²) < 4.78 is 5.96. The Bertz CT molecular complexity index is 545. The molecule has 6 nitrogen and oxygen atoms in total. The molecule has 0 aliphatic heterocycles. The third-order valence-corrected chi connectivity index (χ3v) is 5.60. The van der Waals surface area contributed by atoms with Crippen LogP contribution in [0.15, 0.2) is 18.6 Å². The highest BCUT2D eigenvalue weighted by molar-refractivity contribution is 5.74. The molecule has 24 heavy (non-hydrogen) atoms. The predicted molar refractivity (Wildman–Crippen MR) is 91.4 cm³/mol. The van der Waals surface area contributed by atoms with E-state index in [9.17, 15) is 4.79 Å². The van der Waals surface area contributed by atoms with E-state index in [1.54, 1.807) is 30.5 Å². The largest absolute Gasteiger partial charge is 0.378 e. The first-order valence-corrected chi connectivity index (χ1v) is 9.04. The number of carbonyl (C=O) groups excluding carboxylic acids is 1. The van der Waals surface area contributed by atoms with Gasteiger partial charge in [0.15, 0.2) is 0 Å². The van der Waals surface area contributed by atoms with Crippen LogP contribution in [0.2, 0.25) is 0 Å². The number of urea groups is 1. The molecule has 132 valence electrons. The van der Waals surface area contributed by atoms with E-state index < -0.39 is 0 Å². The summed E-state index contributed by atoms with van der Waals surface area (Å²) in [7, 11) is 1.80. The molecule has 0 aromatic carbocycles. The zero-order valence-corrected chi connectivity index (χ0v) is 14.7. The number of ether oxygens (including phenoxy) is 1. The second-order valence-electron chi connectivity index (χ2n) is 7.03. The van der Waals surface area contributed by atoms with Gasteiger partial charge in [0, 0.05) is 37.5 Å². The Morgan fingerprint density at radius 1 is 1.38 bits per heavy atom. The lowest BCUT2D eigenvalue weighted by Gasteiger charge is -2.57. The maximum Gasteiger partial charge on any atom is 0.317 e. The summed E-state index contributed by atoms with van der Waals surface area (Å²) >= 11 is 0. The van der Waals surface area contributed by atoms with Crippen molar-refractivity contribution >= 4 is 6.03 Å². The number of amides is 2. The van der Waals surface area contributed by atoms with Gasteiger partial charge in [-0.05, 0) is 26.2 Å². The summed E-state index contributed by atoms with van der Waals surface area (Å²) in [5.41, 5.74) is 0.945. The van der Waals surface area contributed by atoms with Crippen LogP contribution in [-0.2, 0) is 11.3 Å². The fourth-order valence-electron chi connectivity index (χ4n) is 4.25. The summed E-state index contributed by atoms with van der Waals surface area (Å²) in [5.74, 6) is 0. The molecule has 1 heterocycles. The molecule has 1 spiro atoms. The molecule has 0 bridgehead atoms. The van der Waals surface area contributed by atoms with Crippen molar-refractivity contribution in [3.8, 4) is 0 Å². The maximum atomic E-state index is 12.6. The van der Waals surface area contributed by atoms with Crippen LogP contribution in [0, 0.1) is 5.41 Å². The summed E-state index contributed by atoms with van der Waals surface area (Å²) in [6.07, 6.45) is 12.3. The standard InChI is InChI=1S/C18H28N4O2/c1-3-24-16-11-15(18(16)7-5-4-6-8-18)21-17(23)22(2)13-14-12-19-9-10-20-14/h9-10,12,15-16H,3-8,11,13H2,1-2H3,(H,21,23)/t15-,16-/m0/s1. The average molecular weight is 332 g/mol. The van der Waals surface area contributed by atoms with Crippen LogP contribution in [0.25, 0.3) is 0 Å². The predicted octanol–water partition coefficient (Wildman–Crippen LogP) is 2.75. The van der Waals surface area contributed by atoms with Crippen molar-refractivity contribution in [2.45, 2.75) is 64.1 Å². The lowest BCUT2D eigenvalue weighted by Crippen LogP contribution is -2.66. The van der Waals surface area contributed by atoms with Gasteiger partial charge in [-0.3, -0.25) is 9.97 Å². The van der Waals surface area contributed by atoms with Gasteiger partial charge >= 0.3 is 6.03 Å². The van der Waals surface area contributed by atoms with Gasteiger partial charge in [0.1, 0.15) is 0 Å². The topological polar surface area (TPSA) is 67.3 Å². The lowest BCUT2D eigenvalue weighted by atomic mass is 9.55. The second-order valence-corrected chi connectivity index (χ2v) is 7.03. The van der Waals surface area contributed by atoms with Gasteiger partial charge in [0.25, 0.3) is 0 Å². The minimum atomic E-state index is -0.0365. The molecule has 3 rings (SSSR count). The van der Waals surface area contributed by atoms with E-state index in [-0.39, 0.29) is 17.5 Å². The Labute approximate surface area is 144 Å². The van der Waals surface area contributed by atoms with E-state index >= 15 is 0 Å². The number of carbonyl (C=O) groups is 1. The average Bonchev–Trinajstić information content (AvgIpc) is 2.62. The molecule has 1 N–H and O–H groups in total. The van der Waals surface area contributed by atoms with Crippen LogP contribution in [0.1, 0.15) is 51.1 Å². The summed E-state index contributed by atoms with van der Waals surface area (Å²) in [4.78, 5) is 22.5. The molecule has 2 aliphatic rings. The van der Waals surface area contributed by atoms with E-state index in [0.717, 1.165) is 31.6 Å². The van der Waals surface area contributed by atoms with Crippen molar-refractivity contribution in [3.63, 3.8) is 0 Å². The Kier molecular flexibility index (Phi) is 5.33. The van der Waals surface area contributed by atoms with Crippen LogP contribution in [0.3, 0.4) is 0 Å². The highest BCUT2D eigenvalue weighted by Crippen LogP contribution is 2.53. The van der Waals surface area contributed by atoms with Gasteiger partial charge in [-0.1, -0.05) is 19.3 Å². The zero-order valence-electron chi connectivity index (χ0n) is 14.7. The molecular formula is C18H28N4O2. The number of rotatable bonds is 5. The van der Waals surface area contributed by atoms with Crippen molar-refractivity contribution in [3.05, 3.63) is 24.3 Å². The zero-order chi connectivity index (χ0) is 17.0. The van der Waals surface area contributed by atoms with E-state index in [2.05, 4.69) is 22.2 Å². The fourth-order valence-corrected chi connectivity index (χ4v) is 4.25. The molecule has 0 saturated heterocycles. The number of aromatic nitrogens is 2. The molecule has 0 radical (unpaired) electrons.